The minimum Gasteiger partial charge on any atom is -0.493 e. The Morgan fingerprint density at radius 1 is 1.21 bits per heavy atom. The fourth-order valence-corrected chi connectivity index (χ4v) is 2.69. The predicted octanol–water partition coefficient (Wildman–Crippen LogP) is 4.83. The summed E-state index contributed by atoms with van der Waals surface area (Å²) in [7, 11) is 1.59. The third-order valence-corrected chi connectivity index (χ3v) is 4.04. The van der Waals surface area contributed by atoms with Gasteiger partial charge in [-0.2, -0.15) is 0 Å². The van der Waals surface area contributed by atoms with Gasteiger partial charge in [-0.25, -0.2) is 0 Å². The maximum atomic E-state index is 12.3. The van der Waals surface area contributed by atoms with E-state index in [-0.39, 0.29) is 12.0 Å². The maximum Gasteiger partial charge on any atom is 0.253 e. The van der Waals surface area contributed by atoms with Crippen molar-refractivity contribution in [1.29, 1.82) is 0 Å². The van der Waals surface area contributed by atoms with Crippen molar-refractivity contribution in [3.8, 4) is 11.5 Å². The molecule has 2 aromatic rings. The van der Waals surface area contributed by atoms with E-state index in [4.69, 9.17) is 21.1 Å². The van der Waals surface area contributed by atoms with E-state index in [0.717, 1.165) is 10.0 Å². The van der Waals surface area contributed by atoms with Crippen LogP contribution in [0.2, 0.25) is 5.02 Å². The zero-order chi connectivity index (χ0) is 17.7. The standard InChI is InChI=1S/C18H19BrClNO3/c1-11(2)24-16-7-4-12(8-17(16)23-3)10-21-18(22)14-9-13(19)5-6-15(14)20/h4-9,11H,10H2,1-3H3,(H,21,22). The molecule has 24 heavy (non-hydrogen) atoms. The van der Waals surface area contributed by atoms with E-state index in [0.29, 0.717) is 28.6 Å². The fraction of sp³-hybridized carbons (Fsp3) is 0.278. The van der Waals surface area contributed by atoms with Gasteiger partial charge < -0.3 is 14.8 Å². The van der Waals surface area contributed by atoms with Gasteiger partial charge in [0.15, 0.2) is 11.5 Å². The molecule has 0 radical (unpaired) electrons. The van der Waals surface area contributed by atoms with Crippen molar-refractivity contribution < 1.29 is 14.3 Å². The highest BCUT2D eigenvalue weighted by atomic mass is 79.9. The first kappa shape index (κ1) is 18.6. The average molecular weight is 413 g/mol. The summed E-state index contributed by atoms with van der Waals surface area (Å²) in [4.78, 5) is 12.3. The second-order valence-corrected chi connectivity index (χ2v) is 6.78. The van der Waals surface area contributed by atoms with Crippen LogP contribution >= 0.6 is 27.5 Å². The van der Waals surface area contributed by atoms with Crippen LogP contribution in [-0.2, 0) is 6.54 Å². The van der Waals surface area contributed by atoms with Crippen LogP contribution in [0, 0.1) is 0 Å². The van der Waals surface area contributed by atoms with E-state index in [1.165, 1.54) is 0 Å². The lowest BCUT2D eigenvalue weighted by Crippen LogP contribution is -2.23. The first-order valence-corrected chi connectivity index (χ1v) is 8.64. The lowest BCUT2D eigenvalue weighted by Gasteiger charge is -2.15. The minimum atomic E-state index is -0.234. The molecule has 1 amide bonds. The van der Waals surface area contributed by atoms with Gasteiger partial charge in [0.1, 0.15) is 0 Å². The second-order valence-electron chi connectivity index (χ2n) is 5.46. The number of rotatable bonds is 6. The van der Waals surface area contributed by atoms with Crippen molar-refractivity contribution in [2.45, 2.75) is 26.5 Å². The molecule has 0 bridgehead atoms. The molecule has 2 aromatic carbocycles. The van der Waals surface area contributed by atoms with Crippen molar-refractivity contribution in [2.24, 2.45) is 0 Å². The molecule has 0 atom stereocenters. The molecule has 0 saturated heterocycles. The van der Waals surface area contributed by atoms with Crippen LogP contribution in [0.4, 0.5) is 0 Å². The Morgan fingerprint density at radius 3 is 2.62 bits per heavy atom. The topological polar surface area (TPSA) is 47.6 Å². The van der Waals surface area contributed by atoms with E-state index in [9.17, 15) is 4.79 Å². The Morgan fingerprint density at radius 2 is 1.96 bits per heavy atom. The van der Waals surface area contributed by atoms with Crippen molar-refractivity contribution in [1.82, 2.24) is 5.32 Å². The summed E-state index contributed by atoms with van der Waals surface area (Å²) < 4.78 is 11.8. The average Bonchev–Trinajstić information content (AvgIpc) is 2.55. The van der Waals surface area contributed by atoms with Crippen LogP contribution in [0.15, 0.2) is 40.9 Å². The number of methoxy groups -OCH3 is 1. The molecule has 128 valence electrons. The van der Waals surface area contributed by atoms with Crippen LogP contribution in [-0.4, -0.2) is 19.1 Å². The number of nitrogens with one attached hydrogen (secondary N) is 1. The quantitative estimate of drug-likeness (QED) is 0.739. The van der Waals surface area contributed by atoms with Crippen molar-refractivity contribution in [2.75, 3.05) is 7.11 Å². The number of benzene rings is 2. The summed E-state index contributed by atoms with van der Waals surface area (Å²) in [6, 6.07) is 10.7. The highest BCUT2D eigenvalue weighted by Crippen LogP contribution is 2.29. The molecule has 0 spiro atoms. The molecule has 6 heteroatoms. The van der Waals surface area contributed by atoms with E-state index in [2.05, 4.69) is 21.2 Å². The van der Waals surface area contributed by atoms with Gasteiger partial charge in [-0.1, -0.05) is 33.6 Å². The van der Waals surface area contributed by atoms with E-state index >= 15 is 0 Å². The second kappa shape index (κ2) is 8.40. The molecule has 0 aliphatic carbocycles. The molecule has 0 aromatic heterocycles. The zero-order valence-electron chi connectivity index (χ0n) is 13.7. The number of hydrogen-bond donors (Lipinski definition) is 1. The molecule has 0 heterocycles. The molecule has 4 nitrogen and oxygen atoms in total. The molecule has 0 unspecified atom stereocenters. The van der Waals surface area contributed by atoms with Gasteiger partial charge in [-0.3, -0.25) is 4.79 Å². The largest absolute Gasteiger partial charge is 0.493 e. The summed E-state index contributed by atoms with van der Waals surface area (Å²) in [6.45, 7) is 4.27. The summed E-state index contributed by atoms with van der Waals surface area (Å²) in [6.07, 6.45) is 0.0584. The lowest BCUT2D eigenvalue weighted by molar-refractivity contribution is 0.0951. The Labute approximate surface area is 155 Å². The number of carbonyl (C=O) groups is 1. The number of hydrogen-bond acceptors (Lipinski definition) is 3. The fourth-order valence-electron chi connectivity index (χ4n) is 2.12. The van der Waals surface area contributed by atoms with E-state index in [1.807, 2.05) is 32.0 Å². The van der Waals surface area contributed by atoms with Crippen molar-refractivity contribution >= 4 is 33.4 Å². The summed E-state index contributed by atoms with van der Waals surface area (Å²) in [5.74, 6) is 1.08. The Bertz CT molecular complexity index is 734. The third-order valence-electron chi connectivity index (χ3n) is 3.22. The highest BCUT2D eigenvalue weighted by molar-refractivity contribution is 9.10. The van der Waals surface area contributed by atoms with Gasteiger partial charge >= 0.3 is 0 Å². The third kappa shape index (κ3) is 4.89. The molecule has 0 aliphatic heterocycles. The minimum absolute atomic E-state index is 0.0584. The van der Waals surface area contributed by atoms with Crippen molar-refractivity contribution in [3.05, 3.63) is 57.0 Å². The Kier molecular flexibility index (Phi) is 6.52. The number of amides is 1. The lowest BCUT2D eigenvalue weighted by atomic mass is 10.1. The van der Waals surface area contributed by atoms with Gasteiger partial charge in [-0.05, 0) is 49.7 Å². The van der Waals surface area contributed by atoms with Gasteiger partial charge in [0, 0.05) is 11.0 Å². The Balaban J connectivity index is 2.08. The number of ether oxygens (including phenoxy) is 2. The van der Waals surface area contributed by atoms with Crippen LogP contribution in [0.5, 0.6) is 11.5 Å². The van der Waals surface area contributed by atoms with Gasteiger partial charge in [0.2, 0.25) is 0 Å². The van der Waals surface area contributed by atoms with Gasteiger partial charge in [-0.15, -0.1) is 0 Å². The van der Waals surface area contributed by atoms with Crippen molar-refractivity contribution in [3.63, 3.8) is 0 Å². The molecule has 1 N–H and O–H groups in total. The molecule has 2 rings (SSSR count). The normalized spacial score (nSPS) is 10.6. The summed E-state index contributed by atoms with van der Waals surface area (Å²) in [5, 5.41) is 3.27. The highest BCUT2D eigenvalue weighted by Gasteiger charge is 2.12. The molecule has 0 aliphatic rings. The van der Waals surface area contributed by atoms with E-state index < -0.39 is 0 Å². The summed E-state index contributed by atoms with van der Waals surface area (Å²) >= 11 is 9.41. The first-order chi connectivity index (χ1) is 11.4. The first-order valence-electron chi connectivity index (χ1n) is 7.47. The maximum absolute atomic E-state index is 12.3. The monoisotopic (exact) mass is 411 g/mol. The molecular weight excluding hydrogens is 394 g/mol. The van der Waals surface area contributed by atoms with Crippen LogP contribution in [0.3, 0.4) is 0 Å². The van der Waals surface area contributed by atoms with Gasteiger partial charge in [0.05, 0.1) is 23.8 Å². The van der Waals surface area contributed by atoms with Gasteiger partial charge in [0.25, 0.3) is 5.91 Å². The number of halogens is 2. The zero-order valence-corrected chi connectivity index (χ0v) is 16.1. The van der Waals surface area contributed by atoms with Crippen LogP contribution in [0.1, 0.15) is 29.8 Å². The predicted molar refractivity (Wildman–Crippen MR) is 99.1 cm³/mol. The summed E-state index contributed by atoms with van der Waals surface area (Å²) in [5.41, 5.74) is 1.33. The SMILES string of the molecule is COc1cc(CNC(=O)c2cc(Br)ccc2Cl)ccc1OC(C)C. The molecule has 0 fully saturated rings. The smallest absolute Gasteiger partial charge is 0.253 e. The Hall–Kier alpha value is -1.72. The molecular formula is C18H19BrClNO3. The van der Waals surface area contributed by atoms with Crippen LogP contribution < -0.4 is 14.8 Å². The van der Waals surface area contributed by atoms with Crippen LogP contribution in [0.25, 0.3) is 0 Å². The number of carbonyl (C=O) groups excluding carboxylic acids is 1. The molecule has 0 saturated carbocycles. The van der Waals surface area contributed by atoms with E-state index in [1.54, 1.807) is 25.3 Å².